The Labute approximate surface area is 114 Å². The largest absolute Gasteiger partial charge is 0.382 e. The topological polar surface area (TPSA) is 63.6 Å². The highest BCUT2D eigenvalue weighted by Crippen LogP contribution is 2.26. The standard InChI is InChI=1S/C13H13N3O2S/c1-2-8-7-10(18-16-8)12(17)15-13-14-9-5-3-4-6-11(9)19-13/h3-6,10H,2,7H2,1H3,(H,14,15,17). The van der Waals surface area contributed by atoms with Gasteiger partial charge in [0.1, 0.15) is 0 Å². The molecule has 1 aromatic carbocycles. The van der Waals surface area contributed by atoms with Crippen molar-refractivity contribution < 1.29 is 9.63 Å². The molecule has 0 saturated carbocycles. The van der Waals surface area contributed by atoms with Crippen LogP contribution in [-0.2, 0) is 9.63 Å². The molecule has 0 bridgehead atoms. The Balaban J connectivity index is 1.70. The number of nitrogens with zero attached hydrogens (tertiary/aromatic N) is 2. The fourth-order valence-electron chi connectivity index (χ4n) is 1.89. The number of carbonyl (C=O) groups excluding carboxylic acids is 1. The molecule has 0 fully saturated rings. The number of rotatable bonds is 3. The van der Waals surface area contributed by atoms with E-state index < -0.39 is 6.10 Å². The zero-order chi connectivity index (χ0) is 13.2. The molecule has 2 aromatic rings. The van der Waals surface area contributed by atoms with Crippen LogP contribution in [-0.4, -0.2) is 22.7 Å². The zero-order valence-electron chi connectivity index (χ0n) is 10.4. The van der Waals surface area contributed by atoms with Gasteiger partial charge in [0, 0.05) is 6.42 Å². The predicted octanol–water partition coefficient (Wildman–Crippen LogP) is 2.79. The lowest BCUT2D eigenvalue weighted by molar-refractivity contribution is -0.125. The van der Waals surface area contributed by atoms with Gasteiger partial charge in [0.25, 0.3) is 5.91 Å². The minimum atomic E-state index is -0.526. The molecule has 1 atom stereocenters. The molecule has 1 unspecified atom stereocenters. The number of hydrogen-bond donors (Lipinski definition) is 1. The van der Waals surface area contributed by atoms with Gasteiger partial charge in [-0.3, -0.25) is 10.1 Å². The van der Waals surface area contributed by atoms with E-state index in [1.165, 1.54) is 11.3 Å². The fourth-order valence-corrected chi connectivity index (χ4v) is 2.76. The summed E-state index contributed by atoms with van der Waals surface area (Å²) in [6, 6.07) is 7.78. The van der Waals surface area contributed by atoms with Crippen LogP contribution in [0.25, 0.3) is 10.2 Å². The van der Waals surface area contributed by atoms with E-state index >= 15 is 0 Å². The third-order valence-electron chi connectivity index (χ3n) is 2.95. The van der Waals surface area contributed by atoms with E-state index in [4.69, 9.17) is 4.84 Å². The zero-order valence-corrected chi connectivity index (χ0v) is 11.2. The van der Waals surface area contributed by atoms with E-state index in [0.717, 1.165) is 22.3 Å². The van der Waals surface area contributed by atoms with Crippen molar-refractivity contribution in [2.45, 2.75) is 25.9 Å². The highest BCUT2D eigenvalue weighted by atomic mass is 32.1. The van der Waals surface area contributed by atoms with E-state index in [9.17, 15) is 4.79 Å². The molecule has 0 radical (unpaired) electrons. The summed E-state index contributed by atoms with van der Waals surface area (Å²) >= 11 is 1.45. The van der Waals surface area contributed by atoms with Crippen molar-refractivity contribution in [2.75, 3.05) is 5.32 Å². The maximum Gasteiger partial charge on any atom is 0.270 e. The lowest BCUT2D eigenvalue weighted by Crippen LogP contribution is -2.27. The van der Waals surface area contributed by atoms with Gasteiger partial charge in [-0.25, -0.2) is 4.98 Å². The number of benzene rings is 1. The van der Waals surface area contributed by atoms with Gasteiger partial charge >= 0.3 is 0 Å². The molecular weight excluding hydrogens is 262 g/mol. The number of hydrogen-bond acceptors (Lipinski definition) is 5. The highest BCUT2D eigenvalue weighted by Gasteiger charge is 2.27. The van der Waals surface area contributed by atoms with Gasteiger partial charge in [-0.2, -0.15) is 0 Å². The van der Waals surface area contributed by atoms with Gasteiger partial charge in [-0.1, -0.05) is 35.5 Å². The smallest absolute Gasteiger partial charge is 0.270 e. The van der Waals surface area contributed by atoms with Crippen molar-refractivity contribution in [3.63, 3.8) is 0 Å². The van der Waals surface area contributed by atoms with Gasteiger partial charge in [-0.15, -0.1) is 0 Å². The molecule has 1 N–H and O–H groups in total. The van der Waals surface area contributed by atoms with Gasteiger partial charge in [-0.05, 0) is 18.6 Å². The molecule has 0 saturated heterocycles. The summed E-state index contributed by atoms with van der Waals surface area (Å²) in [6.07, 6.45) is 0.847. The molecule has 3 rings (SSSR count). The molecule has 0 aliphatic carbocycles. The summed E-state index contributed by atoms with van der Waals surface area (Å²) in [5.74, 6) is -0.189. The first-order valence-electron chi connectivity index (χ1n) is 6.14. The van der Waals surface area contributed by atoms with Crippen molar-refractivity contribution in [1.29, 1.82) is 0 Å². The fraction of sp³-hybridized carbons (Fsp3) is 0.308. The Morgan fingerprint density at radius 3 is 3.11 bits per heavy atom. The first-order chi connectivity index (χ1) is 9.26. The van der Waals surface area contributed by atoms with E-state index in [-0.39, 0.29) is 5.91 Å². The number of nitrogens with one attached hydrogen (secondary N) is 1. The predicted molar refractivity (Wildman–Crippen MR) is 75.5 cm³/mol. The Hall–Kier alpha value is -1.95. The second-order valence-electron chi connectivity index (χ2n) is 4.29. The van der Waals surface area contributed by atoms with Crippen LogP contribution in [0.4, 0.5) is 5.13 Å². The van der Waals surface area contributed by atoms with Gasteiger partial charge < -0.3 is 4.84 Å². The van der Waals surface area contributed by atoms with E-state index in [1.807, 2.05) is 31.2 Å². The van der Waals surface area contributed by atoms with Crippen molar-refractivity contribution >= 4 is 38.3 Å². The number of thiazole rings is 1. The van der Waals surface area contributed by atoms with Crippen LogP contribution in [0.5, 0.6) is 0 Å². The van der Waals surface area contributed by atoms with Gasteiger partial charge in [0.15, 0.2) is 5.13 Å². The van der Waals surface area contributed by atoms with Crippen LogP contribution >= 0.6 is 11.3 Å². The molecular formula is C13H13N3O2S. The monoisotopic (exact) mass is 275 g/mol. The van der Waals surface area contributed by atoms with E-state index in [2.05, 4.69) is 15.5 Å². The minimum absolute atomic E-state index is 0.189. The molecule has 5 nitrogen and oxygen atoms in total. The van der Waals surface area contributed by atoms with Gasteiger partial charge in [0.2, 0.25) is 6.10 Å². The third kappa shape index (κ3) is 2.44. The van der Waals surface area contributed by atoms with Crippen LogP contribution in [0, 0.1) is 0 Å². The van der Waals surface area contributed by atoms with E-state index in [1.54, 1.807) is 0 Å². The Morgan fingerprint density at radius 1 is 1.53 bits per heavy atom. The Kier molecular flexibility index (Phi) is 3.16. The lowest BCUT2D eigenvalue weighted by atomic mass is 10.1. The Bertz CT molecular complexity index is 617. The van der Waals surface area contributed by atoms with Gasteiger partial charge in [0.05, 0.1) is 15.9 Å². The number of fused-ring (bicyclic) bond motifs is 1. The average Bonchev–Trinajstić information content (AvgIpc) is 3.04. The highest BCUT2D eigenvalue weighted by molar-refractivity contribution is 7.22. The third-order valence-corrected chi connectivity index (χ3v) is 3.91. The average molecular weight is 275 g/mol. The number of oxime groups is 1. The molecule has 6 heteroatoms. The SMILES string of the molecule is CCC1=NOC(C(=O)Nc2nc3ccccc3s2)C1. The first kappa shape index (κ1) is 12.1. The van der Waals surface area contributed by atoms with Crippen LogP contribution in [0.1, 0.15) is 19.8 Å². The first-order valence-corrected chi connectivity index (χ1v) is 6.96. The Morgan fingerprint density at radius 2 is 2.37 bits per heavy atom. The van der Waals surface area contributed by atoms with Crippen molar-refractivity contribution in [2.24, 2.45) is 5.16 Å². The number of para-hydroxylation sites is 1. The molecule has 1 aliphatic rings. The summed E-state index contributed by atoms with van der Waals surface area (Å²) in [4.78, 5) is 21.5. The minimum Gasteiger partial charge on any atom is -0.382 e. The van der Waals surface area contributed by atoms with Crippen LogP contribution in [0.2, 0.25) is 0 Å². The van der Waals surface area contributed by atoms with Crippen LogP contribution < -0.4 is 5.32 Å². The van der Waals surface area contributed by atoms with Crippen LogP contribution in [0.3, 0.4) is 0 Å². The molecule has 98 valence electrons. The second-order valence-corrected chi connectivity index (χ2v) is 5.32. The molecule has 0 spiro atoms. The maximum atomic E-state index is 12.0. The number of amides is 1. The van der Waals surface area contributed by atoms with Crippen molar-refractivity contribution in [3.8, 4) is 0 Å². The quantitative estimate of drug-likeness (QED) is 0.936. The summed E-state index contributed by atoms with van der Waals surface area (Å²) in [5.41, 5.74) is 1.81. The molecule has 19 heavy (non-hydrogen) atoms. The number of anilines is 1. The normalized spacial score (nSPS) is 18.2. The summed E-state index contributed by atoms with van der Waals surface area (Å²) in [6.45, 7) is 2.00. The maximum absolute atomic E-state index is 12.0. The molecule has 1 aliphatic heterocycles. The second kappa shape index (κ2) is 4.97. The number of aromatic nitrogens is 1. The van der Waals surface area contributed by atoms with Crippen molar-refractivity contribution in [3.05, 3.63) is 24.3 Å². The molecule has 1 aromatic heterocycles. The molecule has 2 heterocycles. The summed E-state index contributed by atoms with van der Waals surface area (Å²) < 4.78 is 1.05. The summed E-state index contributed by atoms with van der Waals surface area (Å²) in [7, 11) is 0. The van der Waals surface area contributed by atoms with E-state index in [0.29, 0.717) is 11.6 Å². The lowest BCUT2D eigenvalue weighted by Gasteiger charge is -2.06. The number of carbonyl (C=O) groups is 1. The van der Waals surface area contributed by atoms with Crippen LogP contribution in [0.15, 0.2) is 29.4 Å². The summed E-state index contributed by atoms with van der Waals surface area (Å²) in [5, 5.41) is 7.26. The molecule has 1 amide bonds. The van der Waals surface area contributed by atoms with Crippen molar-refractivity contribution in [1.82, 2.24) is 4.98 Å².